The number of anilines is 1. The number of halogens is 6. The van der Waals surface area contributed by atoms with Crippen molar-refractivity contribution in [2.75, 3.05) is 4.90 Å². The molecule has 2 aromatic rings. The molecule has 0 aliphatic carbocycles. The van der Waals surface area contributed by atoms with Crippen molar-refractivity contribution in [1.29, 1.82) is 0 Å². The molecule has 1 aromatic heterocycles. The fraction of sp³-hybridized carbons (Fsp3) is 0.640. The fourth-order valence-corrected chi connectivity index (χ4v) is 4.92. The second kappa shape index (κ2) is 11.4. The minimum Gasteiger partial charge on any atom is -0.447 e. The minimum atomic E-state index is -4.95. The number of nitrogens with zero attached hydrogens (tertiary/aromatic N) is 5. The zero-order chi connectivity index (χ0) is 28.4. The molecule has 1 saturated heterocycles. The average molecular weight is 550 g/mol. The normalized spacial score (nSPS) is 20.6. The maximum absolute atomic E-state index is 13.5. The Morgan fingerprint density at radius 2 is 1.55 bits per heavy atom. The summed E-state index contributed by atoms with van der Waals surface area (Å²) < 4.78 is 87.9. The van der Waals surface area contributed by atoms with Crippen LogP contribution >= 0.6 is 0 Å². The van der Waals surface area contributed by atoms with Crippen LogP contribution in [0.3, 0.4) is 0 Å². The quantitative estimate of drug-likeness (QED) is 0.373. The van der Waals surface area contributed by atoms with Crippen LogP contribution in [0.4, 0.5) is 37.1 Å². The van der Waals surface area contributed by atoms with E-state index in [1.165, 1.54) is 11.0 Å². The van der Waals surface area contributed by atoms with Crippen LogP contribution in [0, 0.1) is 0 Å². The summed E-state index contributed by atoms with van der Waals surface area (Å²) in [7, 11) is 1.62. The maximum atomic E-state index is 13.5. The maximum Gasteiger partial charge on any atom is 0.416 e. The molecule has 3 atom stereocenters. The van der Waals surface area contributed by atoms with E-state index in [1.807, 2.05) is 13.8 Å². The topological polar surface area (TPSA) is 63.5 Å². The zero-order valence-corrected chi connectivity index (χ0v) is 22.0. The Morgan fingerprint density at radius 1 is 1.03 bits per heavy atom. The number of carbonyl (C=O) groups is 1. The highest BCUT2D eigenvalue weighted by molar-refractivity contribution is 5.69. The first kappa shape index (κ1) is 29.6. The Labute approximate surface area is 217 Å². The van der Waals surface area contributed by atoms with Crippen molar-refractivity contribution in [1.82, 2.24) is 19.7 Å². The molecule has 7 nitrogen and oxygen atoms in total. The van der Waals surface area contributed by atoms with Gasteiger partial charge in [0.2, 0.25) is 5.95 Å². The predicted molar refractivity (Wildman–Crippen MR) is 128 cm³/mol. The molecule has 13 heteroatoms. The molecule has 0 spiro atoms. The molecule has 0 saturated carbocycles. The number of alkyl halides is 6. The highest BCUT2D eigenvalue weighted by Crippen LogP contribution is 2.38. The SMILES string of the molecule is CC[C@@H]1C[C@H](N(Cc2cc(C(F)(F)F)cc(C(F)(F)F)c2)c2ncn(C)n2)C[C@H](CC)N1C(=O)OC(C)C. The van der Waals surface area contributed by atoms with E-state index in [2.05, 4.69) is 10.1 Å². The van der Waals surface area contributed by atoms with Crippen molar-refractivity contribution in [3.63, 3.8) is 0 Å². The highest BCUT2D eigenvalue weighted by atomic mass is 19.4. The van der Waals surface area contributed by atoms with Gasteiger partial charge in [0, 0.05) is 31.7 Å². The Morgan fingerprint density at radius 3 is 1.95 bits per heavy atom. The van der Waals surface area contributed by atoms with Crippen LogP contribution in [0.25, 0.3) is 0 Å². The number of aromatic nitrogens is 3. The van der Waals surface area contributed by atoms with Gasteiger partial charge in [0.25, 0.3) is 0 Å². The van der Waals surface area contributed by atoms with Gasteiger partial charge in [-0.1, -0.05) is 13.8 Å². The van der Waals surface area contributed by atoms with E-state index < -0.39 is 29.6 Å². The molecule has 1 aliphatic rings. The fourth-order valence-electron chi connectivity index (χ4n) is 4.92. The summed E-state index contributed by atoms with van der Waals surface area (Å²) in [5, 5.41) is 4.30. The smallest absolute Gasteiger partial charge is 0.416 e. The number of carbonyl (C=O) groups excluding carboxylic acids is 1. The molecule has 2 heterocycles. The molecule has 0 bridgehead atoms. The third kappa shape index (κ3) is 6.90. The average Bonchev–Trinajstić information content (AvgIpc) is 3.25. The predicted octanol–water partition coefficient (Wildman–Crippen LogP) is 6.43. The number of hydrogen-bond acceptors (Lipinski definition) is 5. The lowest BCUT2D eigenvalue weighted by Crippen LogP contribution is -2.57. The van der Waals surface area contributed by atoms with Crippen LogP contribution in [0.15, 0.2) is 24.5 Å². The van der Waals surface area contributed by atoms with Gasteiger partial charge >= 0.3 is 18.4 Å². The second-order valence-corrected chi connectivity index (χ2v) is 9.85. The molecule has 1 fully saturated rings. The lowest BCUT2D eigenvalue weighted by atomic mass is 9.87. The molecule has 38 heavy (non-hydrogen) atoms. The third-order valence-electron chi connectivity index (χ3n) is 6.65. The van der Waals surface area contributed by atoms with Crippen molar-refractivity contribution in [2.45, 2.75) is 96.5 Å². The van der Waals surface area contributed by atoms with Gasteiger partial charge < -0.3 is 14.5 Å². The lowest BCUT2D eigenvalue weighted by molar-refractivity contribution is -0.143. The van der Waals surface area contributed by atoms with Gasteiger partial charge in [-0.15, -0.1) is 5.10 Å². The Kier molecular flexibility index (Phi) is 8.87. The summed E-state index contributed by atoms with van der Waals surface area (Å²) in [6, 6.07) is 0.738. The van der Waals surface area contributed by atoms with E-state index in [0.29, 0.717) is 25.7 Å². The molecule has 1 amide bonds. The molecular formula is C25H33F6N5O2. The van der Waals surface area contributed by atoms with Crippen LogP contribution in [0.5, 0.6) is 0 Å². The van der Waals surface area contributed by atoms with Crippen LogP contribution < -0.4 is 4.90 Å². The molecule has 0 radical (unpaired) electrons. The van der Waals surface area contributed by atoms with Crippen molar-refractivity contribution in [3.8, 4) is 0 Å². The first-order chi connectivity index (χ1) is 17.6. The summed E-state index contributed by atoms with van der Waals surface area (Å²) in [6.07, 6.45) is -7.22. The summed E-state index contributed by atoms with van der Waals surface area (Å²) in [6.45, 7) is 7.07. The number of hydrogen-bond donors (Lipinski definition) is 0. The van der Waals surface area contributed by atoms with E-state index in [4.69, 9.17) is 4.74 Å². The molecule has 3 rings (SSSR count). The van der Waals surface area contributed by atoms with Crippen molar-refractivity contribution >= 4 is 12.0 Å². The Balaban J connectivity index is 2.02. The zero-order valence-electron chi connectivity index (χ0n) is 22.0. The first-order valence-electron chi connectivity index (χ1n) is 12.5. The summed E-state index contributed by atoms with van der Waals surface area (Å²) in [5.41, 5.74) is -2.91. The van der Waals surface area contributed by atoms with Crippen molar-refractivity contribution < 1.29 is 35.9 Å². The largest absolute Gasteiger partial charge is 0.447 e. The van der Waals surface area contributed by atoms with Gasteiger partial charge in [-0.25, -0.2) is 9.78 Å². The van der Waals surface area contributed by atoms with Crippen LogP contribution in [0.1, 0.15) is 70.1 Å². The van der Waals surface area contributed by atoms with Crippen LogP contribution in [0.2, 0.25) is 0 Å². The number of rotatable bonds is 7. The molecule has 0 unspecified atom stereocenters. The van der Waals surface area contributed by atoms with E-state index >= 15 is 0 Å². The van der Waals surface area contributed by atoms with E-state index in [-0.39, 0.29) is 48.4 Å². The number of amides is 1. The highest BCUT2D eigenvalue weighted by Gasteiger charge is 2.42. The molecule has 0 N–H and O–H groups in total. The molecular weight excluding hydrogens is 516 g/mol. The molecule has 212 valence electrons. The third-order valence-corrected chi connectivity index (χ3v) is 6.65. The van der Waals surface area contributed by atoms with Crippen molar-refractivity contribution in [3.05, 3.63) is 41.2 Å². The number of likely N-dealkylation sites (tertiary alicyclic amines) is 1. The monoisotopic (exact) mass is 549 g/mol. The lowest BCUT2D eigenvalue weighted by Gasteiger charge is -2.47. The number of aryl methyl sites for hydroxylation is 1. The Hall–Kier alpha value is -2.99. The summed E-state index contributed by atoms with van der Waals surface area (Å²) in [4.78, 5) is 20.5. The van der Waals surface area contributed by atoms with Crippen molar-refractivity contribution in [2.24, 2.45) is 7.05 Å². The second-order valence-electron chi connectivity index (χ2n) is 9.85. The van der Waals surface area contributed by atoms with Crippen LogP contribution in [-0.2, 0) is 30.7 Å². The summed E-state index contributed by atoms with van der Waals surface area (Å²) >= 11 is 0. The van der Waals surface area contributed by atoms with Gasteiger partial charge in [0.05, 0.1) is 17.2 Å². The van der Waals surface area contributed by atoms with Gasteiger partial charge in [-0.2, -0.15) is 26.3 Å². The number of ether oxygens (including phenoxy) is 1. The first-order valence-corrected chi connectivity index (χ1v) is 12.5. The van der Waals surface area contributed by atoms with Crippen LogP contribution in [-0.4, -0.2) is 50.0 Å². The molecule has 1 aromatic carbocycles. The Bertz CT molecular complexity index is 1050. The molecule has 1 aliphatic heterocycles. The van der Waals surface area contributed by atoms with E-state index in [1.54, 1.807) is 30.7 Å². The standard InChI is InChI=1S/C25H33F6N5O2/c1-6-19-11-21(12-20(7-2)36(19)23(37)38-15(3)4)35(22-32-14-34(5)33-22)13-16-8-17(24(26,27)28)10-18(9-16)25(29,30)31/h8-10,14-15,19-21H,6-7,11-13H2,1-5H3/t19-,20+,21+. The summed E-state index contributed by atoms with van der Waals surface area (Å²) in [5.74, 6) is 0.186. The van der Waals surface area contributed by atoms with E-state index in [0.717, 1.165) is 12.1 Å². The van der Waals surface area contributed by atoms with Gasteiger partial charge in [-0.3, -0.25) is 4.68 Å². The minimum absolute atomic E-state index is 0.117. The number of benzene rings is 1. The van der Waals surface area contributed by atoms with Gasteiger partial charge in [0.1, 0.15) is 6.33 Å². The van der Waals surface area contributed by atoms with E-state index in [9.17, 15) is 31.1 Å². The number of piperidine rings is 1. The van der Waals surface area contributed by atoms with Gasteiger partial charge in [-0.05, 0) is 63.3 Å². The van der Waals surface area contributed by atoms with Gasteiger partial charge in [0.15, 0.2) is 0 Å².